The van der Waals surface area contributed by atoms with Gasteiger partial charge in [0.15, 0.2) is 6.23 Å². The van der Waals surface area contributed by atoms with Gasteiger partial charge in [0.2, 0.25) is 0 Å². The first-order valence-electron chi connectivity index (χ1n) is 9.50. The van der Waals surface area contributed by atoms with Gasteiger partial charge in [0.1, 0.15) is 0 Å². The molecular weight excluding hydrogens is 300 g/mol. The van der Waals surface area contributed by atoms with Gasteiger partial charge in [0.05, 0.1) is 6.61 Å². The minimum atomic E-state index is -0.0522. The van der Waals surface area contributed by atoms with Crippen LogP contribution in [0, 0.1) is 11.8 Å². The molecule has 1 aliphatic heterocycles. The van der Waals surface area contributed by atoms with Crippen LogP contribution in [0.4, 0.5) is 4.79 Å². The number of ether oxygens (including phenoxy) is 1. The summed E-state index contributed by atoms with van der Waals surface area (Å²) in [6.45, 7) is 10.7. The smallest absolute Gasteiger partial charge is 0.317 e. The van der Waals surface area contributed by atoms with Crippen molar-refractivity contribution in [3.05, 3.63) is 13.2 Å². The fourth-order valence-corrected chi connectivity index (χ4v) is 3.85. The zero-order chi connectivity index (χ0) is 17.1. The second-order valence-corrected chi connectivity index (χ2v) is 6.45. The summed E-state index contributed by atoms with van der Waals surface area (Å²) in [6.07, 6.45) is 12.1. The summed E-state index contributed by atoms with van der Waals surface area (Å²) in [7, 11) is 0. The number of epoxide rings is 1. The van der Waals surface area contributed by atoms with Gasteiger partial charge >= 0.3 is 6.03 Å². The molecule has 0 spiro atoms. The normalized spacial score (nSPS) is 28.7. The summed E-state index contributed by atoms with van der Waals surface area (Å²) < 4.78 is 4.99. The lowest BCUT2D eigenvalue weighted by Gasteiger charge is -2.36. The number of hydrogen-bond acceptors (Lipinski definition) is 2. The Morgan fingerprint density at radius 1 is 0.917 bits per heavy atom. The zero-order valence-corrected chi connectivity index (χ0v) is 15.1. The minimum Gasteiger partial charge on any atom is -0.351 e. The van der Waals surface area contributed by atoms with Crippen molar-refractivity contribution in [2.24, 2.45) is 11.8 Å². The molecule has 24 heavy (non-hydrogen) atoms. The molecule has 0 aromatic heterocycles. The van der Waals surface area contributed by atoms with Crippen LogP contribution >= 0.6 is 0 Å². The lowest BCUT2D eigenvalue weighted by atomic mass is 9.72. The van der Waals surface area contributed by atoms with Crippen LogP contribution in [-0.4, -0.2) is 24.9 Å². The Labute approximate surface area is 152 Å². The van der Waals surface area contributed by atoms with Crippen molar-refractivity contribution >= 4 is 6.03 Å². The van der Waals surface area contributed by atoms with Crippen LogP contribution in [0.5, 0.6) is 0 Å². The van der Waals surface area contributed by atoms with Crippen LogP contribution in [-0.2, 0) is 4.74 Å². The highest BCUT2D eigenvalue weighted by Crippen LogP contribution is 2.38. The molecular formula is C20H44N2O2. The predicted octanol–water partition coefficient (Wildman–Crippen LogP) is 5.74. The van der Waals surface area contributed by atoms with Crippen molar-refractivity contribution < 1.29 is 12.4 Å². The zero-order valence-electron chi connectivity index (χ0n) is 15.1. The second kappa shape index (κ2) is 13.3. The Bertz CT molecular complexity index is 328. The van der Waals surface area contributed by atoms with Crippen LogP contribution < -0.4 is 10.6 Å². The first-order valence-corrected chi connectivity index (χ1v) is 9.50. The number of rotatable bonds is 3. The van der Waals surface area contributed by atoms with Gasteiger partial charge in [-0.3, -0.25) is 0 Å². The van der Waals surface area contributed by atoms with Crippen LogP contribution in [0.2, 0.25) is 0 Å². The third-order valence-corrected chi connectivity index (χ3v) is 5.05. The van der Waals surface area contributed by atoms with E-state index in [-0.39, 0.29) is 22.5 Å². The first kappa shape index (κ1) is 23.0. The Hall–Kier alpha value is -1.03. The van der Waals surface area contributed by atoms with Crippen molar-refractivity contribution in [1.29, 1.82) is 0 Å². The number of carbonyl (C=O) groups excluding carboxylic acids is 1. The fourth-order valence-electron chi connectivity index (χ4n) is 3.85. The van der Waals surface area contributed by atoms with Gasteiger partial charge in [0.25, 0.3) is 0 Å². The lowest BCUT2D eigenvalue weighted by molar-refractivity contribution is 0.175. The van der Waals surface area contributed by atoms with E-state index in [2.05, 4.69) is 23.8 Å². The Morgan fingerprint density at radius 3 is 1.92 bits per heavy atom. The van der Waals surface area contributed by atoms with Crippen molar-refractivity contribution in [2.45, 2.75) is 91.3 Å². The quantitative estimate of drug-likeness (QED) is 0.507. The molecule has 2 amide bonds. The number of amides is 2. The van der Waals surface area contributed by atoms with Gasteiger partial charge in [0, 0.05) is 8.90 Å². The molecule has 1 atom stereocenters. The van der Waals surface area contributed by atoms with E-state index < -0.39 is 0 Å². The van der Waals surface area contributed by atoms with E-state index in [1.165, 1.54) is 44.9 Å². The fraction of sp³-hybridized carbons (Fsp3) is 0.850. The van der Waals surface area contributed by atoms with Crippen molar-refractivity contribution in [3.8, 4) is 0 Å². The Balaban J connectivity index is -0.000000709. The molecule has 2 aliphatic carbocycles. The SMILES string of the molecule is C.C=C.CC.O=C(NC1CCC(C2CCCCC2)CC1)NC1CO1.[HH].[HH]. The lowest BCUT2D eigenvalue weighted by Crippen LogP contribution is -2.45. The number of carbonyl (C=O) groups is 1. The van der Waals surface area contributed by atoms with Crippen molar-refractivity contribution in [2.75, 3.05) is 6.61 Å². The van der Waals surface area contributed by atoms with Crippen LogP contribution in [0.25, 0.3) is 0 Å². The molecule has 1 heterocycles. The van der Waals surface area contributed by atoms with E-state index in [9.17, 15) is 4.79 Å². The Morgan fingerprint density at radius 2 is 1.42 bits per heavy atom. The van der Waals surface area contributed by atoms with E-state index in [0.29, 0.717) is 12.6 Å². The molecule has 0 aromatic carbocycles. The van der Waals surface area contributed by atoms with Gasteiger partial charge in [-0.05, 0) is 37.5 Å². The van der Waals surface area contributed by atoms with E-state index in [4.69, 9.17) is 4.74 Å². The monoisotopic (exact) mass is 344 g/mol. The molecule has 3 rings (SSSR count). The largest absolute Gasteiger partial charge is 0.351 e. The molecule has 0 radical (unpaired) electrons. The Kier molecular flexibility index (Phi) is 12.7. The standard InChI is InChI=1S/C15H26N2O2.C2H6.C2H4.CH4.2H2/c18-15(17-14-10-19-14)16-13-8-6-12(7-9-13)11-4-2-1-3-5-11;2*1-2;;;/h11-14H,1-10H2,(H2,16,17,18);1-2H3;1-2H2;1H4;2*1H. The maximum absolute atomic E-state index is 11.6. The number of urea groups is 1. The average Bonchev–Trinajstić information content (AvgIpc) is 3.44. The predicted molar refractivity (Wildman–Crippen MR) is 107 cm³/mol. The maximum atomic E-state index is 11.6. The van der Waals surface area contributed by atoms with E-state index >= 15 is 0 Å². The topological polar surface area (TPSA) is 53.7 Å². The van der Waals surface area contributed by atoms with Gasteiger partial charge < -0.3 is 15.4 Å². The summed E-state index contributed by atoms with van der Waals surface area (Å²) >= 11 is 0. The molecule has 0 bridgehead atoms. The molecule has 1 saturated heterocycles. The highest BCUT2D eigenvalue weighted by atomic mass is 16.6. The van der Waals surface area contributed by atoms with Gasteiger partial charge in [-0.25, -0.2) is 4.79 Å². The van der Waals surface area contributed by atoms with Gasteiger partial charge in [-0.1, -0.05) is 53.4 Å². The maximum Gasteiger partial charge on any atom is 0.317 e. The molecule has 0 aromatic rings. The van der Waals surface area contributed by atoms with E-state index in [0.717, 1.165) is 24.7 Å². The van der Waals surface area contributed by atoms with Crippen LogP contribution in [0.1, 0.15) is 81.9 Å². The average molecular weight is 345 g/mol. The molecule has 4 heteroatoms. The second-order valence-electron chi connectivity index (χ2n) is 6.45. The number of hydrogen-bond donors (Lipinski definition) is 2. The van der Waals surface area contributed by atoms with Crippen LogP contribution in [0.15, 0.2) is 13.2 Å². The molecule has 2 N–H and O–H groups in total. The van der Waals surface area contributed by atoms with E-state index in [1.54, 1.807) is 0 Å². The molecule has 2 saturated carbocycles. The van der Waals surface area contributed by atoms with Crippen molar-refractivity contribution in [1.82, 2.24) is 10.6 Å². The third-order valence-electron chi connectivity index (χ3n) is 5.05. The van der Waals surface area contributed by atoms with Crippen molar-refractivity contribution in [3.63, 3.8) is 0 Å². The molecule has 3 aliphatic rings. The van der Waals surface area contributed by atoms with Crippen LogP contribution in [0.3, 0.4) is 0 Å². The minimum absolute atomic E-state index is 0. The third kappa shape index (κ3) is 8.18. The molecule has 3 fully saturated rings. The summed E-state index contributed by atoms with van der Waals surface area (Å²) in [4.78, 5) is 11.6. The molecule has 146 valence electrons. The highest BCUT2D eigenvalue weighted by Gasteiger charge is 2.30. The summed E-state index contributed by atoms with van der Waals surface area (Å²) in [5, 5.41) is 5.89. The number of nitrogens with one attached hydrogen (secondary N) is 2. The first-order chi connectivity index (χ1) is 11.3. The molecule has 1 unspecified atom stereocenters. The van der Waals surface area contributed by atoms with Gasteiger partial charge in [-0.15, -0.1) is 13.2 Å². The van der Waals surface area contributed by atoms with Gasteiger partial charge in [-0.2, -0.15) is 0 Å². The highest BCUT2D eigenvalue weighted by molar-refractivity contribution is 5.74. The summed E-state index contributed by atoms with van der Waals surface area (Å²) in [6, 6.07) is 0.321. The molecule has 4 nitrogen and oxygen atoms in total. The van der Waals surface area contributed by atoms with E-state index in [1.807, 2.05) is 13.8 Å². The summed E-state index contributed by atoms with van der Waals surface area (Å²) in [5.41, 5.74) is 0. The summed E-state index contributed by atoms with van der Waals surface area (Å²) in [5.74, 6) is 1.90.